The molecule has 1 rings (SSSR count). The van der Waals surface area contributed by atoms with E-state index in [1.54, 1.807) is 0 Å². The van der Waals surface area contributed by atoms with E-state index < -0.39 is 5.97 Å². The molecule has 0 heterocycles. The summed E-state index contributed by atoms with van der Waals surface area (Å²) in [4.78, 5) is 13.5. The van der Waals surface area contributed by atoms with Crippen molar-refractivity contribution in [1.29, 1.82) is 0 Å². The number of nitrogens with two attached hydrogens (primary N) is 1. The minimum Gasteiger partial charge on any atom is -0.399 e. The number of nitrogen functional groups attached to an aromatic ring is 1. The van der Waals surface area contributed by atoms with Gasteiger partial charge in [0.15, 0.2) is 0 Å². The molecular weight excluding hydrogens is 149 g/mol. The van der Waals surface area contributed by atoms with Gasteiger partial charge in [0.25, 0.3) is 0 Å². The highest BCUT2D eigenvalue weighted by molar-refractivity contribution is 5.89. The second-order valence-corrected chi connectivity index (χ2v) is 1.99. The van der Waals surface area contributed by atoms with Gasteiger partial charge in [-0.15, -0.1) is 0 Å². The third-order valence-corrected chi connectivity index (χ3v) is 1.22. The average Bonchev–Trinajstić information content (AvgIpc) is 2.05. The predicted molar refractivity (Wildman–Crippen MR) is 37.4 cm³/mol. The van der Waals surface area contributed by atoms with Gasteiger partial charge >= 0.3 is 5.97 Å². The first-order chi connectivity index (χ1) is 5.24. The molecule has 0 saturated heterocycles. The number of carbonyl (C=O) groups is 1. The van der Waals surface area contributed by atoms with Gasteiger partial charge in [-0.3, -0.25) is 0 Å². The van der Waals surface area contributed by atoms with Crippen LogP contribution in [0.15, 0.2) is 24.3 Å². The lowest BCUT2D eigenvalue weighted by Crippen LogP contribution is -1.98. The highest BCUT2D eigenvalue weighted by Gasteiger charge is 2.05. The molecule has 0 atom stereocenters. The standard InChI is InChI=1S/C7H6FNO2/c8-11-7(10)5-1-3-6(9)4-2-5/h1-4H,9H2. The Hall–Kier alpha value is -1.58. The summed E-state index contributed by atoms with van der Waals surface area (Å²) in [5.74, 6) is -1.01. The Morgan fingerprint density at radius 3 is 2.36 bits per heavy atom. The molecule has 0 saturated carbocycles. The number of carbonyl (C=O) groups excluding carboxylic acids is 1. The maximum Gasteiger partial charge on any atom is 0.379 e. The van der Waals surface area contributed by atoms with E-state index in [9.17, 15) is 9.32 Å². The number of halogens is 1. The van der Waals surface area contributed by atoms with E-state index in [-0.39, 0.29) is 5.56 Å². The van der Waals surface area contributed by atoms with Crippen molar-refractivity contribution in [2.45, 2.75) is 0 Å². The van der Waals surface area contributed by atoms with Crippen LogP contribution in [0.25, 0.3) is 0 Å². The summed E-state index contributed by atoms with van der Waals surface area (Å²) in [7, 11) is 0. The van der Waals surface area contributed by atoms with Crippen LogP contribution in [0.4, 0.5) is 10.2 Å². The molecule has 4 heteroatoms. The van der Waals surface area contributed by atoms with Gasteiger partial charge in [-0.05, 0) is 24.3 Å². The Balaban J connectivity index is 2.90. The first kappa shape index (κ1) is 7.53. The Kier molecular flexibility index (Phi) is 2.06. The molecule has 11 heavy (non-hydrogen) atoms. The fraction of sp³-hybridized carbons (Fsp3) is 0. The van der Waals surface area contributed by atoms with Gasteiger partial charge in [0.2, 0.25) is 0 Å². The second kappa shape index (κ2) is 3.01. The van der Waals surface area contributed by atoms with Crippen molar-refractivity contribution in [2.24, 2.45) is 0 Å². The minimum atomic E-state index is -1.01. The van der Waals surface area contributed by atoms with Crippen molar-refractivity contribution in [3.05, 3.63) is 29.8 Å². The fourth-order valence-corrected chi connectivity index (χ4v) is 0.664. The molecule has 0 amide bonds. The van der Waals surface area contributed by atoms with E-state index in [0.29, 0.717) is 5.69 Å². The topological polar surface area (TPSA) is 52.3 Å². The first-order valence-corrected chi connectivity index (χ1v) is 2.92. The van der Waals surface area contributed by atoms with Crippen LogP contribution in [0.3, 0.4) is 0 Å². The van der Waals surface area contributed by atoms with Gasteiger partial charge in [-0.2, -0.15) is 0 Å². The maximum atomic E-state index is 11.3. The summed E-state index contributed by atoms with van der Waals surface area (Å²) in [6, 6.07) is 5.76. The zero-order valence-electron chi connectivity index (χ0n) is 5.58. The van der Waals surface area contributed by atoms with Crippen molar-refractivity contribution in [3.63, 3.8) is 0 Å². The molecule has 0 aliphatic heterocycles. The number of hydrogen-bond acceptors (Lipinski definition) is 3. The van der Waals surface area contributed by atoms with E-state index >= 15 is 0 Å². The molecule has 0 aromatic heterocycles. The van der Waals surface area contributed by atoms with Gasteiger partial charge < -0.3 is 5.73 Å². The van der Waals surface area contributed by atoms with E-state index in [1.807, 2.05) is 0 Å². The van der Waals surface area contributed by atoms with Crippen molar-refractivity contribution >= 4 is 11.7 Å². The molecule has 58 valence electrons. The quantitative estimate of drug-likeness (QED) is 0.622. The summed E-state index contributed by atoms with van der Waals surface area (Å²) in [6.45, 7) is 0. The fourth-order valence-electron chi connectivity index (χ4n) is 0.664. The van der Waals surface area contributed by atoms with Crippen LogP contribution < -0.4 is 5.73 Å². The molecule has 1 aromatic rings. The van der Waals surface area contributed by atoms with Gasteiger partial charge in [-0.25, -0.2) is 9.74 Å². The zero-order valence-corrected chi connectivity index (χ0v) is 5.58. The largest absolute Gasteiger partial charge is 0.399 e. The molecule has 2 N–H and O–H groups in total. The molecule has 0 spiro atoms. The number of hydrogen-bond donors (Lipinski definition) is 1. The van der Waals surface area contributed by atoms with Crippen molar-refractivity contribution in [1.82, 2.24) is 0 Å². The van der Waals surface area contributed by atoms with Crippen LogP contribution in [0.5, 0.6) is 0 Å². The lowest BCUT2D eigenvalue weighted by molar-refractivity contribution is -0.0787. The minimum absolute atomic E-state index is 0.140. The lowest BCUT2D eigenvalue weighted by atomic mass is 10.2. The van der Waals surface area contributed by atoms with E-state index in [4.69, 9.17) is 5.73 Å². The molecule has 0 aliphatic carbocycles. The number of rotatable bonds is 1. The molecule has 0 fully saturated rings. The van der Waals surface area contributed by atoms with Gasteiger partial charge in [0, 0.05) is 10.2 Å². The van der Waals surface area contributed by atoms with Crippen LogP contribution >= 0.6 is 0 Å². The highest BCUT2D eigenvalue weighted by Crippen LogP contribution is 2.06. The van der Waals surface area contributed by atoms with E-state index in [1.165, 1.54) is 24.3 Å². The Morgan fingerprint density at radius 2 is 1.91 bits per heavy atom. The van der Waals surface area contributed by atoms with Crippen molar-refractivity contribution in [2.75, 3.05) is 5.73 Å². The maximum absolute atomic E-state index is 11.3. The van der Waals surface area contributed by atoms with Crippen molar-refractivity contribution in [3.8, 4) is 0 Å². The predicted octanol–water partition coefficient (Wildman–Crippen LogP) is 1.31. The van der Waals surface area contributed by atoms with E-state index in [0.717, 1.165) is 0 Å². The smallest absolute Gasteiger partial charge is 0.379 e. The molecule has 3 nitrogen and oxygen atoms in total. The monoisotopic (exact) mass is 155 g/mol. The highest BCUT2D eigenvalue weighted by atomic mass is 19.3. The summed E-state index contributed by atoms with van der Waals surface area (Å²) < 4.78 is 11.3. The molecule has 0 radical (unpaired) electrons. The summed E-state index contributed by atoms with van der Waals surface area (Å²) in [6.07, 6.45) is 0. The third-order valence-electron chi connectivity index (χ3n) is 1.22. The summed E-state index contributed by atoms with van der Waals surface area (Å²) >= 11 is 0. The van der Waals surface area contributed by atoms with E-state index in [2.05, 4.69) is 4.94 Å². The number of benzene rings is 1. The van der Waals surface area contributed by atoms with Crippen molar-refractivity contribution < 1.29 is 14.3 Å². The Morgan fingerprint density at radius 1 is 1.36 bits per heavy atom. The van der Waals surface area contributed by atoms with Crippen LogP contribution in [-0.2, 0) is 4.94 Å². The van der Waals surface area contributed by atoms with Gasteiger partial charge in [0.1, 0.15) is 0 Å². The van der Waals surface area contributed by atoms with Crippen LogP contribution in [-0.4, -0.2) is 5.97 Å². The van der Waals surface area contributed by atoms with Crippen LogP contribution in [0.1, 0.15) is 10.4 Å². The molecule has 0 unspecified atom stereocenters. The number of anilines is 1. The Bertz CT molecular complexity index is 258. The summed E-state index contributed by atoms with van der Waals surface area (Å²) in [5, 5.41) is 0. The first-order valence-electron chi connectivity index (χ1n) is 2.92. The molecule has 0 bridgehead atoms. The molecule has 0 aliphatic rings. The average molecular weight is 155 g/mol. The molecular formula is C7H6FNO2. The SMILES string of the molecule is Nc1ccc(C(=O)OF)cc1. The molecule has 1 aromatic carbocycles. The normalized spacial score (nSPS) is 9.18. The van der Waals surface area contributed by atoms with Gasteiger partial charge in [-0.1, -0.05) is 0 Å². The second-order valence-electron chi connectivity index (χ2n) is 1.99. The van der Waals surface area contributed by atoms with Crippen LogP contribution in [0.2, 0.25) is 0 Å². The Labute approximate surface area is 62.5 Å². The third kappa shape index (κ3) is 1.67. The lowest BCUT2D eigenvalue weighted by Gasteiger charge is -1.94. The zero-order chi connectivity index (χ0) is 8.27. The van der Waals surface area contributed by atoms with Gasteiger partial charge in [0.05, 0.1) is 5.56 Å². The van der Waals surface area contributed by atoms with Crippen LogP contribution in [0, 0.1) is 0 Å². The summed E-state index contributed by atoms with van der Waals surface area (Å²) in [5.41, 5.74) is 5.98.